The molecule has 8 heteroatoms. The van der Waals surface area contributed by atoms with E-state index in [9.17, 15) is 4.79 Å². The second-order valence-electron chi connectivity index (χ2n) is 4.35. The molecule has 1 amide bonds. The molecule has 0 aliphatic rings. The van der Waals surface area contributed by atoms with Gasteiger partial charge in [-0.1, -0.05) is 0 Å². The minimum Gasteiger partial charge on any atom is -0.308 e. The summed E-state index contributed by atoms with van der Waals surface area (Å²) < 4.78 is 3.86. The van der Waals surface area contributed by atoms with Crippen molar-refractivity contribution in [2.45, 2.75) is 19.9 Å². The average molecular weight is 337 g/mol. The van der Waals surface area contributed by atoms with Crippen molar-refractivity contribution in [2.75, 3.05) is 5.32 Å². The molecule has 0 bridgehead atoms. The number of nitrogens with zero attached hydrogens (tertiary/aromatic N) is 5. The maximum absolute atomic E-state index is 12.2. The van der Waals surface area contributed by atoms with E-state index in [1.54, 1.807) is 24.9 Å². The molecule has 0 saturated heterocycles. The number of amides is 1. The molecule has 20 heavy (non-hydrogen) atoms. The number of hydrogen-bond acceptors (Lipinski definition) is 4. The van der Waals surface area contributed by atoms with E-state index < -0.39 is 6.04 Å². The predicted octanol–water partition coefficient (Wildman–Crippen LogP) is 1.76. The molecule has 0 aliphatic carbocycles. The van der Waals surface area contributed by atoms with Crippen molar-refractivity contribution in [1.82, 2.24) is 19.6 Å². The van der Waals surface area contributed by atoms with Gasteiger partial charge in [0.1, 0.15) is 23.5 Å². The molecule has 0 radical (unpaired) electrons. The van der Waals surface area contributed by atoms with Gasteiger partial charge in [-0.05, 0) is 29.8 Å². The van der Waals surface area contributed by atoms with Crippen LogP contribution in [0.5, 0.6) is 0 Å². The predicted molar refractivity (Wildman–Crippen MR) is 75.9 cm³/mol. The molecule has 0 aromatic carbocycles. The Kier molecular flexibility index (Phi) is 3.90. The summed E-state index contributed by atoms with van der Waals surface area (Å²) in [4.78, 5) is 12.2. The van der Waals surface area contributed by atoms with Crippen LogP contribution in [0.1, 0.15) is 24.2 Å². The van der Waals surface area contributed by atoms with E-state index in [0.717, 1.165) is 10.2 Å². The molecule has 1 N–H and O–H groups in total. The van der Waals surface area contributed by atoms with Crippen molar-refractivity contribution >= 4 is 27.7 Å². The van der Waals surface area contributed by atoms with E-state index in [4.69, 9.17) is 5.26 Å². The Morgan fingerprint density at radius 2 is 2.30 bits per heavy atom. The van der Waals surface area contributed by atoms with E-state index >= 15 is 0 Å². The summed E-state index contributed by atoms with van der Waals surface area (Å²) in [5.74, 6) is 0.118. The number of nitrogens with one attached hydrogen (secondary N) is 1. The molecular formula is C12H13BrN6O. The first-order valence-corrected chi connectivity index (χ1v) is 6.67. The fourth-order valence-corrected chi connectivity index (χ4v) is 1.96. The standard InChI is InChI=1S/C12H13BrN6O/c1-7-10(13)6-19(17-7)8(2)12(20)16-11-9(4-14)5-15-18(11)3/h5-6,8H,1-3H3,(H,16,20). The Morgan fingerprint density at radius 3 is 2.85 bits per heavy atom. The van der Waals surface area contributed by atoms with Crippen LogP contribution in [0.25, 0.3) is 0 Å². The van der Waals surface area contributed by atoms with Gasteiger partial charge in [0.25, 0.3) is 0 Å². The molecule has 0 aliphatic heterocycles. The number of aryl methyl sites for hydroxylation is 2. The van der Waals surface area contributed by atoms with E-state index in [1.807, 2.05) is 13.0 Å². The number of rotatable bonds is 3. The first-order valence-electron chi connectivity index (χ1n) is 5.88. The zero-order valence-corrected chi connectivity index (χ0v) is 12.8. The van der Waals surface area contributed by atoms with Gasteiger partial charge in [0.15, 0.2) is 0 Å². The molecule has 0 fully saturated rings. The molecular weight excluding hydrogens is 324 g/mol. The SMILES string of the molecule is Cc1nn(C(C)C(=O)Nc2c(C#N)cnn2C)cc1Br. The minimum atomic E-state index is -0.499. The monoisotopic (exact) mass is 336 g/mol. The molecule has 1 unspecified atom stereocenters. The van der Waals surface area contributed by atoms with Crippen molar-refractivity contribution in [3.8, 4) is 6.07 Å². The van der Waals surface area contributed by atoms with Crippen LogP contribution < -0.4 is 5.32 Å². The third kappa shape index (κ3) is 2.58. The van der Waals surface area contributed by atoms with Crippen LogP contribution in [0.3, 0.4) is 0 Å². The Hall–Kier alpha value is -2.14. The highest BCUT2D eigenvalue weighted by Gasteiger charge is 2.20. The van der Waals surface area contributed by atoms with Crippen LogP contribution >= 0.6 is 15.9 Å². The molecule has 2 heterocycles. The summed E-state index contributed by atoms with van der Waals surface area (Å²) in [6.07, 6.45) is 3.16. The average Bonchev–Trinajstić information content (AvgIpc) is 2.93. The highest BCUT2D eigenvalue weighted by atomic mass is 79.9. The van der Waals surface area contributed by atoms with E-state index in [-0.39, 0.29) is 5.91 Å². The molecule has 2 aromatic rings. The number of hydrogen-bond donors (Lipinski definition) is 1. The van der Waals surface area contributed by atoms with Crippen LogP contribution in [-0.2, 0) is 11.8 Å². The Balaban J connectivity index is 2.20. The van der Waals surface area contributed by atoms with Crippen LogP contribution in [0.15, 0.2) is 16.9 Å². The summed E-state index contributed by atoms with van der Waals surface area (Å²) in [5, 5.41) is 19.8. The van der Waals surface area contributed by atoms with Gasteiger partial charge in [-0.2, -0.15) is 15.5 Å². The summed E-state index contributed by atoms with van der Waals surface area (Å²) in [7, 11) is 1.66. The van der Waals surface area contributed by atoms with Crippen molar-refractivity contribution < 1.29 is 4.79 Å². The van der Waals surface area contributed by atoms with Gasteiger partial charge in [-0.15, -0.1) is 0 Å². The van der Waals surface area contributed by atoms with Crippen LogP contribution in [0.4, 0.5) is 5.82 Å². The second-order valence-corrected chi connectivity index (χ2v) is 5.20. The molecule has 104 valence electrons. The van der Waals surface area contributed by atoms with Gasteiger partial charge in [-0.25, -0.2) is 0 Å². The lowest BCUT2D eigenvalue weighted by Crippen LogP contribution is -2.25. The summed E-state index contributed by atoms with van der Waals surface area (Å²) in [6, 6.07) is 1.49. The van der Waals surface area contributed by atoms with Crippen LogP contribution in [0.2, 0.25) is 0 Å². The Bertz CT molecular complexity index is 676. The summed E-state index contributed by atoms with van der Waals surface area (Å²) in [6.45, 7) is 3.58. The zero-order valence-electron chi connectivity index (χ0n) is 11.3. The fourth-order valence-electron chi connectivity index (χ4n) is 1.67. The zero-order chi connectivity index (χ0) is 14.9. The van der Waals surface area contributed by atoms with Gasteiger partial charge >= 0.3 is 0 Å². The van der Waals surface area contributed by atoms with Gasteiger partial charge in [-0.3, -0.25) is 14.2 Å². The first kappa shape index (κ1) is 14.3. The van der Waals surface area contributed by atoms with Crippen molar-refractivity contribution in [2.24, 2.45) is 7.05 Å². The van der Waals surface area contributed by atoms with Gasteiger partial charge in [0.2, 0.25) is 5.91 Å². The van der Waals surface area contributed by atoms with Crippen molar-refractivity contribution in [3.05, 3.63) is 28.1 Å². The molecule has 1 atom stereocenters. The van der Waals surface area contributed by atoms with Crippen LogP contribution in [-0.4, -0.2) is 25.5 Å². The maximum Gasteiger partial charge on any atom is 0.250 e. The molecule has 0 saturated carbocycles. The third-order valence-corrected chi connectivity index (χ3v) is 3.71. The number of nitriles is 1. The number of carbonyl (C=O) groups excluding carboxylic acids is 1. The van der Waals surface area contributed by atoms with Gasteiger partial charge < -0.3 is 5.32 Å². The lowest BCUT2D eigenvalue weighted by molar-refractivity contribution is -0.119. The first-order chi connectivity index (χ1) is 9.43. The summed E-state index contributed by atoms with van der Waals surface area (Å²) >= 11 is 3.36. The highest BCUT2D eigenvalue weighted by molar-refractivity contribution is 9.10. The largest absolute Gasteiger partial charge is 0.308 e. The van der Waals surface area contributed by atoms with Crippen molar-refractivity contribution in [3.63, 3.8) is 0 Å². The topological polar surface area (TPSA) is 88.5 Å². The number of aromatic nitrogens is 4. The second kappa shape index (κ2) is 5.46. The van der Waals surface area contributed by atoms with E-state index in [2.05, 4.69) is 31.4 Å². The fraction of sp³-hybridized carbons (Fsp3) is 0.333. The van der Waals surface area contributed by atoms with Gasteiger partial charge in [0.05, 0.1) is 16.4 Å². The lowest BCUT2D eigenvalue weighted by atomic mass is 10.3. The quantitative estimate of drug-likeness (QED) is 0.924. The molecule has 2 aromatic heterocycles. The Labute approximate surface area is 124 Å². The van der Waals surface area contributed by atoms with Crippen LogP contribution in [0, 0.1) is 18.3 Å². The molecule has 7 nitrogen and oxygen atoms in total. The normalized spacial score (nSPS) is 11.9. The van der Waals surface area contributed by atoms with E-state index in [0.29, 0.717) is 11.4 Å². The van der Waals surface area contributed by atoms with Gasteiger partial charge in [0, 0.05) is 13.2 Å². The number of carbonyl (C=O) groups is 1. The summed E-state index contributed by atoms with van der Waals surface area (Å²) in [5.41, 5.74) is 1.13. The number of anilines is 1. The van der Waals surface area contributed by atoms with E-state index in [1.165, 1.54) is 10.9 Å². The van der Waals surface area contributed by atoms with Crippen molar-refractivity contribution in [1.29, 1.82) is 5.26 Å². The number of halogens is 1. The molecule has 2 rings (SSSR count). The molecule has 0 spiro atoms. The highest BCUT2D eigenvalue weighted by Crippen LogP contribution is 2.19. The maximum atomic E-state index is 12.2. The minimum absolute atomic E-state index is 0.264. The smallest absolute Gasteiger partial charge is 0.250 e. The lowest BCUT2D eigenvalue weighted by Gasteiger charge is -2.13. The Morgan fingerprint density at radius 1 is 1.60 bits per heavy atom. The third-order valence-electron chi connectivity index (χ3n) is 2.93.